The van der Waals surface area contributed by atoms with Crippen LogP contribution in [0.2, 0.25) is 0 Å². The molecule has 0 unspecified atom stereocenters. The van der Waals surface area contributed by atoms with Crippen LogP contribution in [0, 0.1) is 0 Å². The molecule has 2 aromatic rings. The van der Waals surface area contributed by atoms with Gasteiger partial charge in [0.15, 0.2) is 0 Å². The molecule has 6 nitrogen and oxygen atoms in total. The highest BCUT2D eigenvalue weighted by atomic mass is 79.9. The Bertz CT molecular complexity index is 692. The standard InChI is InChI=1S/C13H15BrN4O2S/c14-11-1-3-13(4-2-11)21(19,20)17-8-5-12(6-9-17)18-10-7-15-16-18/h1-4,7,10,12H,5-6,8-9H2. The first-order valence-electron chi connectivity index (χ1n) is 6.69. The van der Waals surface area contributed by atoms with Gasteiger partial charge < -0.3 is 0 Å². The predicted molar refractivity (Wildman–Crippen MR) is 81.2 cm³/mol. The third-order valence-corrected chi connectivity index (χ3v) is 6.13. The largest absolute Gasteiger partial charge is 0.249 e. The van der Waals surface area contributed by atoms with E-state index in [-0.39, 0.29) is 6.04 Å². The van der Waals surface area contributed by atoms with Gasteiger partial charge in [-0.15, -0.1) is 5.10 Å². The summed E-state index contributed by atoms with van der Waals surface area (Å²) in [7, 11) is -3.40. The van der Waals surface area contributed by atoms with Crippen molar-refractivity contribution in [1.29, 1.82) is 0 Å². The van der Waals surface area contributed by atoms with Crippen LogP contribution in [0.25, 0.3) is 0 Å². The van der Waals surface area contributed by atoms with Crippen LogP contribution in [0.15, 0.2) is 46.0 Å². The van der Waals surface area contributed by atoms with Crippen LogP contribution < -0.4 is 0 Å². The Morgan fingerprint density at radius 3 is 2.38 bits per heavy atom. The van der Waals surface area contributed by atoms with Crippen LogP contribution >= 0.6 is 15.9 Å². The van der Waals surface area contributed by atoms with Crippen LogP contribution in [-0.4, -0.2) is 40.8 Å². The summed E-state index contributed by atoms with van der Waals surface area (Å²) in [6.07, 6.45) is 4.97. The Balaban J connectivity index is 1.72. The van der Waals surface area contributed by atoms with Crippen molar-refractivity contribution >= 4 is 26.0 Å². The summed E-state index contributed by atoms with van der Waals surface area (Å²) in [6, 6.07) is 6.97. The van der Waals surface area contributed by atoms with Gasteiger partial charge in [0.05, 0.1) is 17.1 Å². The van der Waals surface area contributed by atoms with Gasteiger partial charge in [0.1, 0.15) is 0 Å². The van der Waals surface area contributed by atoms with Crippen molar-refractivity contribution in [3.8, 4) is 0 Å². The van der Waals surface area contributed by atoms with E-state index < -0.39 is 10.0 Å². The summed E-state index contributed by atoms with van der Waals surface area (Å²) >= 11 is 3.31. The maximum Gasteiger partial charge on any atom is 0.243 e. The molecule has 1 aliphatic rings. The number of halogens is 1. The predicted octanol–water partition coefficient (Wildman–Crippen LogP) is 2.07. The highest BCUT2D eigenvalue weighted by Crippen LogP contribution is 2.26. The number of nitrogens with zero attached hydrogens (tertiary/aromatic N) is 4. The Kier molecular flexibility index (Phi) is 4.10. The van der Waals surface area contributed by atoms with Crippen molar-refractivity contribution in [2.24, 2.45) is 0 Å². The average Bonchev–Trinajstić information content (AvgIpc) is 3.02. The van der Waals surface area contributed by atoms with Gasteiger partial charge in [-0.3, -0.25) is 0 Å². The van der Waals surface area contributed by atoms with Gasteiger partial charge in [-0.2, -0.15) is 4.31 Å². The zero-order chi connectivity index (χ0) is 14.9. The lowest BCUT2D eigenvalue weighted by Gasteiger charge is -2.31. The normalized spacial score (nSPS) is 18.0. The Hall–Kier alpha value is -1.25. The fourth-order valence-corrected chi connectivity index (χ4v) is 4.25. The molecular formula is C13H15BrN4O2S. The third kappa shape index (κ3) is 3.02. The van der Waals surface area contributed by atoms with Crippen molar-refractivity contribution in [2.45, 2.75) is 23.8 Å². The second-order valence-electron chi connectivity index (χ2n) is 4.97. The zero-order valence-corrected chi connectivity index (χ0v) is 13.7. The van der Waals surface area contributed by atoms with E-state index in [0.717, 1.165) is 17.3 Å². The van der Waals surface area contributed by atoms with Crippen LogP contribution in [0.5, 0.6) is 0 Å². The monoisotopic (exact) mass is 370 g/mol. The average molecular weight is 371 g/mol. The number of hydrogen-bond acceptors (Lipinski definition) is 4. The van der Waals surface area contributed by atoms with Crippen molar-refractivity contribution in [3.05, 3.63) is 41.1 Å². The summed E-state index contributed by atoms with van der Waals surface area (Å²) in [6.45, 7) is 1.01. The van der Waals surface area contributed by atoms with Crippen molar-refractivity contribution in [2.75, 3.05) is 13.1 Å². The lowest BCUT2D eigenvalue weighted by atomic mass is 10.1. The zero-order valence-electron chi connectivity index (χ0n) is 11.3. The van der Waals surface area contributed by atoms with Crippen molar-refractivity contribution in [1.82, 2.24) is 19.3 Å². The molecule has 112 valence electrons. The second-order valence-corrected chi connectivity index (χ2v) is 7.83. The molecular weight excluding hydrogens is 356 g/mol. The van der Waals surface area contributed by atoms with Crippen molar-refractivity contribution in [3.63, 3.8) is 0 Å². The van der Waals surface area contributed by atoms with Gasteiger partial charge in [0, 0.05) is 23.8 Å². The van der Waals surface area contributed by atoms with E-state index in [9.17, 15) is 8.42 Å². The molecule has 0 saturated carbocycles. The summed E-state index contributed by atoms with van der Waals surface area (Å²) in [5, 5.41) is 7.79. The van der Waals surface area contributed by atoms with Gasteiger partial charge in [0.25, 0.3) is 0 Å². The number of aromatic nitrogens is 3. The molecule has 0 spiro atoms. The minimum Gasteiger partial charge on any atom is -0.249 e. The Morgan fingerprint density at radius 1 is 1.14 bits per heavy atom. The highest BCUT2D eigenvalue weighted by Gasteiger charge is 2.30. The summed E-state index contributed by atoms with van der Waals surface area (Å²) in [5.74, 6) is 0. The molecule has 2 heterocycles. The van der Waals surface area contributed by atoms with Gasteiger partial charge in [-0.1, -0.05) is 21.1 Å². The third-order valence-electron chi connectivity index (χ3n) is 3.69. The van der Waals surface area contributed by atoms with E-state index in [0.29, 0.717) is 18.0 Å². The number of sulfonamides is 1. The minimum atomic E-state index is -3.40. The smallest absolute Gasteiger partial charge is 0.243 e. The van der Waals surface area contributed by atoms with Gasteiger partial charge in [-0.25, -0.2) is 13.1 Å². The van der Waals surface area contributed by atoms with Gasteiger partial charge in [0.2, 0.25) is 10.0 Å². The van der Waals surface area contributed by atoms with Crippen LogP contribution in [0.4, 0.5) is 0 Å². The first kappa shape index (κ1) is 14.7. The molecule has 1 aliphatic heterocycles. The van der Waals surface area contributed by atoms with Crippen LogP contribution in [-0.2, 0) is 10.0 Å². The number of benzene rings is 1. The lowest BCUT2D eigenvalue weighted by Crippen LogP contribution is -2.39. The van der Waals surface area contributed by atoms with E-state index in [4.69, 9.17) is 0 Å². The molecule has 0 amide bonds. The van der Waals surface area contributed by atoms with Gasteiger partial charge in [-0.05, 0) is 37.1 Å². The lowest BCUT2D eigenvalue weighted by molar-refractivity contribution is 0.258. The van der Waals surface area contributed by atoms with E-state index in [2.05, 4.69) is 26.2 Å². The molecule has 1 saturated heterocycles. The van der Waals surface area contributed by atoms with E-state index in [1.807, 2.05) is 10.9 Å². The first-order chi connectivity index (χ1) is 10.1. The number of piperidine rings is 1. The molecule has 1 fully saturated rings. The molecule has 8 heteroatoms. The summed E-state index contributed by atoms with van der Waals surface area (Å²) < 4.78 is 29.4. The molecule has 0 N–H and O–H groups in total. The molecule has 0 radical (unpaired) electrons. The minimum absolute atomic E-state index is 0.226. The topological polar surface area (TPSA) is 68.1 Å². The van der Waals surface area contributed by atoms with Gasteiger partial charge >= 0.3 is 0 Å². The molecule has 21 heavy (non-hydrogen) atoms. The molecule has 0 aliphatic carbocycles. The SMILES string of the molecule is O=S(=O)(c1ccc(Br)cc1)N1CCC(n2ccnn2)CC1. The molecule has 0 atom stereocenters. The van der Waals surface area contributed by atoms with Crippen LogP contribution in [0.1, 0.15) is 18.9 Å². The summed E-state index contributed by atoms with van der Waals surface area (Å²) in [4.78, 5) is 0.338. The fourth-order valence-electron chi connectivity index (χ4n) is 2.51. The van der Waals surface area contributed by atoms with E-state index in [1.54, 1.807) is 34.8 Å². The van der Waals surface area contributed by atoms with Crippen molar-refractivity contribution < 1.29 is 8.42 Å². The Morgan fingerprint density at radius 2 is 1.81 bits per heavy atom. The highest BCUT2D eigenvalue weighted by molar-refractivity contribution is 9.10. The maximum atomic E-state index is 12.6. The number of rotatable bonds is 3. The maximum absolute atomic E-state index is 12.6. The first-order valence-corrected chi connectivity index (χ1v) is 8.92. The molecule has 3 rings (SSSR count). The fraction of sp³-hybridized carbons (Fsp3) is 0.385. The second kappa shape index (κ2) is 5.86. The number of hydrogen-bond donors (Lipinski definition) is 0. The van der Waals surface area contributed by atoms with E-state index in [1.165, 1.54) is 0 Å². The van der Waals surface area contributed by atoms with E-state index >= 15 is 0 Å². The quantitative estimate of drug-likeness (QED) is 0.829. The Labute approximate surface area is 131 Å². The van der Waals surface area contributed by atoms with Crippen LogP contribution in [0.3, 0.4) is 0 Å². The molecule has 1 aromatic heterocycles. The molecule has 1 aromatic carbocycles. The summed E-state index contributed by atoms with van der Waals surface area (Å²) in [5.41, 5.74) is 0. The molecule has 0 bridgehead atoms.